The first-order valence-electron chi connectivity index (χ1n) is 5.62. The van der Waals surface area contributed by atoms with Crippen LogP contribution in [0.2, 0.25) is 0 Å². The normalized spacial score (nSPS) is 12.1. The van der Waals surface area contributed by atoms with E-state index in [1.165, 1.54) is 10.6 Å². The second kappa shape index (κ2) is 2.81. The highest BCUT2D eigenvalue weighted by Gasteiger charge is 2.16. The van der Waals surface area contributed by atoms with Crippen LogP contribution >= 0.6 is 0 Å². The van der Waals surface area contributed by atoms with Crippen molar-refractivity contribution < 1.29 is 5.11 Å². The molecule has 5 heteroatoms. The number of H-pyrrole nitrogens is 1. The summed E-state index contributed by atoms with van der Waals surface area (Å²) in [7, 11) is 0. The van der Waals surface area contributed by atoms with Crippen LogP contribution in [0, 0.1) is 6.92 Å². The van der Waals surface area contributed by atoms with Gasteiger partial charge in [-0.2, -0.15) is 4.52 Å². The summed E-state index contributed by atoms with van der Waals surface area (Å²) in [6.07, 6.45) is 0. The van der Waals surface area contributed by atoms with Gasteiger partial charge in [0.2, 0.25) is 0 Å². The maximum atomic E-state index is 12.2. The van der Waals surface area contributed by atoms with Gasteiger partial charge in [0.15, 0.2) is 5.65 Å². The first-order valence-corrected chi connectivity index (χ1v) is 5.62. The van der Waals surface area contributed by atoms with Gasteiger partial charge in [-0.05, 0) is 23.9 Å². The highest BCUT2D eigenvalue weighted by molar-refractivity contribution is 6.15. The number of fused-ring (bicyclic) bond motifs is 2. The van der Waals surface area contributed by atoms with Gasteiger partial charge in [-0.3, -0.25) is 4.79 Å². The molecular formula is C13H9N3O2. The van der Waals surface area contributed by atoms with Crippen LogP contribution in [0.4, 0.5) is 0 Å². The number of aromatic hydroxyl groups is 1. The molecule has 0 radical (unpaired) electrons. The van der Waals surface area contributed by atoms with Gasteiger partial charge in [0.05, 0.1) is 5.39 Å². The van der Waals surface area contributed by atoms with Crippen molar-refractivity contribution in [3.63, 3.8) is 0 Å². The summed E-state index contributed by atoms with van der Waals surface area (Å²) in [6, 6.07) is 7.28. The van der Waals surface area contributed by atoms with Crippen LogP contribution in [0.3, 0.4) is 0 Å². The maximum Gasteiger partial charge on any atom is 0.280 e. The molecule has 0 bridgehead atoms. The molecule has 18 heavy (non-hydrogen) atoms. The highest BCUT2D eigenvalue weighted by atomic mass is 16.3. The van der Waals surface area contributed by atoms with Crippen molar-refractivity contribution >= 4 is 27.2 Å². The highest BCUT2D eigenvalue weighted by Crippen LogP contribution is 2.33. The van der Waals surface area contributed by atoms with Gasteiger partial charge in [-0.15, -0.1) is 5.10 Å². The van der Waals surface area contributed by atoms with E-state index < -0.39 is 0 Å². The number of phenols is 1. The van der Waals surface area contributed by atoms with E-state index in [4.69, 9.17) is 0 Å². The Labute approximate surface area is 101 Å². The summed E-state index contributed by atoms with van der Waals surface area (Å²) in [6.45, 7) is 1.84. The molecule has 4 rings (SSSR count). The zero-order valence-electron chi connectivity index (χ0n) is 9.56. The Hall–Kier alpha value is -2.56. The third kappa shape index (κ3) is 0.886. The predicted molar refractivity (Wildman–Crippen MR) is 68.4 cm³/mol. The van der Waals surface area contributed by atoms with Gasteiger partial charge in [-0.1, -0.05) is 18.2 Å². The minimum atomic E-state index is -0.181. The molecule has 2 heterocycles. The van der Waals surface area contributed by atoms with Crippen LogP contribution < -0.4 is 5.56 Å². The number of aryl methyl sites for hydroxylation is 1. The van der Waals surface area contributed by atoms with Gasteiger partial charge in [0.1, 0.15) is 5.75 Å². The lowest BCUT2D eigenvalue weighted by atomic mass is 9.98. The van der Waals surface area contributed by atoms with Gasteiger partial charge >= 0.3 is 0 Å². The second-order valence-electron chi connectivity index (χ2n) is 4.47. The number of hydrogen-bond acceptors (Lipinski definition) is 3. The van der Waals surface area contributed by atoms with Crippen molar-refractivity contribution in [1.29, 1.82) is 0 Å². The largest absolute Gasteiger partial charge is 0.508 e. The topological polar surface area (TPSA) is 70.4 Å². The fraction of sp³-hybridized carbons (Fsp3) is 0.0769. The van der Waals surface area contributed by atoms with Crippen molar-refractivity contribution in [1.82, 2.24) is 14.8 Å². The Kier molecular flexibility index (Phi) is 1.48. The summed E-state index contributed by atoms with van der Waals surface area (Å²) < 4.78 is 1.39. The molecule has 0 saturated heterocycles. The number of rotatable bonds is 0. The number of nitrogens with zero attached hydrogens (tertiary/aromatic N) is 2. The van der Waals surface area contributed by atoms with Gasteiger partial charge in [0, 0.05) is 10.8 Å². The molecule has 0 amide bonds. The lowest BCUT2D eigenvalue weighted by Crippen LogP contribution is -2.22. The van der Waals surface area contributed by atoms with E-state index in [0.29, 0.717) is 11.0 Å². The number of benzene rings is 2. The van der Waals surface area contributed by atoms with E-state index in [2.05, 4.69) is 10.3 Å². The summed E-state index contributed by atoms with van der Waals surface area (Å²) in [5.74, 6) is 0.143. The van der Waals surface area contributed by atoms with Crippen LogP contribution in [0.1, 0.15) is 5.56 Å². The molecule has 0 aliphatic heterocycles. The lowest BCUT2D eigenvalue weighted by Gasteiger charge is -2.13. The van der Waals surface area contributed by atoms with Gasteiger partial charge in [-0.25, -0.2) is 5.21 Å². The Morgan fingerprint density at radius 3 is 2.78 bits per heavy atom. The van der Waals surface area contributed by atoms with Crippen molar-refractivity contribution in [3.05, 3.63) is 40.2 Å². The van der Waals surface area contributed by atoms with E-state index in [9.17, 15) is 9.90 Å². The maximum absolute atomic E-state index is 12.2. The molecule has 0 atom stereocenters. The molecule has 0 aliphatic carbocycles. The summed E-state index contributed by atoms with van der Waals surface area (Å²) in [4.78, 5) is 12.2. The van der Waals surface area contributed by atoms with Crippen LogP contribution in [-0.4, -0.2) is 19.9 Å². The SMILES string of the molecule is Cc1c(O)cc2c(=O)n3[nH]nc3c3cccc1c23. The Bertz CT molecular complexity index is 965. The third-order valence-corrected chi connectivity index (χ3v) is 3.55. The standard InChI is InChI=1S/C13H9N3O2/c1-6-7-3-2-4-8-11(7)9(5-10(6)17)13(18)16-12(8)14-15-16/h2-5,15,17H,1H3. The minimum absolute atomic E-state index is 0.143. The van der Waals surface area contributed by atoms with Crippen LogP contribution in [-0.2, 0) is 0 Å². The minimum Gasteiger partial charge on any atom is -0.508 e. The van der Waals surface area contributed by atoms with Crippen molar-refractivity contribution in [3.8, 4) is 5.75 Å². The summed E-state index contributed by atoms with van der Waals surface area (Å²) in [5.41, 5.74) is 1.24. The molecule has 4 aromatic rings. The summed E-state index contributed by atoms with van der Waals surface area (Å²) in [5, 5.41) is 19.7. The van der Waals surface area contributed by atoms with E-state index in [1.54, 1.807) is 0 Å². The van der Waals surface area contributed by atoms with Crippen LogP contribution in [0.15, 0.2) is 29.1 Å². The van der Waals surface area contributed by atoms with Crippen LogP contribution in [0.5, 0.6) is 5.75 Å². The second-order valence-corrected chi connectivity index (χ2v) is 4.47. The zero-order chi connectivity index (χ0) is 12.4. The fourth-order valence-corrected chi connectivity index (χ4v) is 2.56. The number of pyridine rings is 1. The van der Waals surface area contributed by atoms with Gasteiger partial charge in [0.25, 0.3) is 5.56 Å². The molecule has 2 aromatic carbocycles. The average Bonchev–Trinajstić information content (AvgIpc) is 2.31. The molecular weight excluding hydrogens is 230 g/mol. The Balaban J connectivity index is 2.50. The molecule has 88 valence electrons. The van der Waals surface area contributed by atoms with Crippen molar-refractivity contribution in [2.75, 3.05) is 0 Å². The Morgan fingerprint density at radius 2 is 2.06 bits per heavy atom. The average molecular weight is 239 g/mol. The number of phenolic OH excluding ortho intramolecular Hbond substituents is 1. The smallest absolute Gasteiger partial charge is 0.280 e. The first-order chi connectivity index (χ1) is 8.68. The molecule has 5 nitrogen and oxygen atoms in total. The van der Waals surface area contributed by atoms with Crippen molar-refractivity contribution in [2.45, 2.75) is 6.92 Å². The summed E-state index contributed by atoms with van der Waals surface area (Å²) >= 11 is 0. The van der Waals surface area contributed by atoms with Gasteiger partial charge < -0.3 is 5.11 Å². The molecule has 0 spiro atoms. The number of hydrogen-bond donors (Lipinski definition) is 2. The quantitative estimate of drug-likeness (QED) is 0.491. The van der Waals surface area contributed by atoms with Crippen molar-refractivity contribution in [2.24, 2.45) is 0 Å². The van der Waals surface area contributed by atoms with E-state index >= 15 is 0 Å². The third-order valence-electron chi connectivity index (χ3n) is 3.55. The number of aromatic amines is 1. The molecule has 0 unspecified atom stereocenters. The molecule has 0 saturated carbocycles. The van der Waals surface area contributed by atoms with Crippen LogP contribution in [0.25, 0.3) is 27.2 Å². The first kappa shape index (κ1) is 9.47. The molecule has 0 fully saturated rings. The Morgan fingerprint density at radius 1 is 1.28 bits per heavy atom. The molecule has 2 N–H and O–H groups in total. The van der Waals surface area contributed by atoms with E-state index in [1.807, 2.05) is 25.1 Å². The van der Waals surface area contributed by atoms with E-state index in [0.717, 1.165) is 21.7 Å². The monoisotopic (exact) mass is 239 g/mol. The number of aromatic nitrogens is 3. The number of nitrogens with one attached hydrogen (secondary N) is 1. The fourth-order valence-electron chi connectivity index (χ4n) is 2.56. The molecule has 0 aliphatic rings. The lowest BCUT2D eigenvalue weighted by molar-refractivity contribution is 0.473. The predicted octanol–water partition coefficient (Wildman–Crippen LogP) is 1.78. The van der Waals surface area contributed by atoms with E-state index in [-0.39, 0.29) is 11.3 Å². The molecule has 2 aromatic heterocycles. The zero-order valence-corrected chi connectivity index (χ0v) is 9.56.